The van der Waals surface area contributed by atoms with Crippen molar-refractivity contribution in [1.29, 1.82) is 0 Å². The molecule has 0 bridgehead atoms. The van der Waals surface area contributed by atoms with Crippen molar-refractivity contribution in [2.45, 2.75) is 52.2 Å². The predicted octanol–water partition coefficient (Wildman–Crippen LogP) is 2.78. The number of rotatable bonds is 7. The van der Waals surface area contributed by atoms with Crippen LogP contribution in [0.5, 0.6) is 0 Å². The van der Waals surface area contributed by atoms with E-state index in [-0.39, 0.29) is 24.7 Å². The van der Waals surface area contributed by atoms with Crippen LogP contribution in [0.4, 0.5) is 4.79 Å². The number of ether oxygens (including phenoxy) is 1. The molecule has 1 aromatic heterocycles. The summed E-state index contributed by atoms with van der Waals surface area (Å²) in [4.78, 5) is 55.0. The molecule has 2 N–H and O–H groups in total. The lowest BCUT2D eigenvalue weighted by Gasteiger charge is -2.24. The first-order valence-electron chi connectivity index (χ1n) is 11.6. The molecule has 1 aliphatic rings. The van der Waals surface area contributed by atoms with Gasteiger partial charge in [0.1, 0.15) is 6.61 Å². The van der Waals surface area contributed by atoms with Crippen molar-refractivity contribution in [2.75, 3.05) is 6.54 Å². The van der Waals surface area contributed by atoms with Crippen molar-refractivity contribution in [2.24, 2.45) is 11.8 Å². The summed E-state index contributed by atoms with van der Waals surface area (Å²) in [5, 5.41) is 5.28. The Morgan fingerprint density at radius 2 is 1.88 bits per heavy atom. The number of carbonyl (C=O) groups is 4. The van der Waals surface area contributed by atoms with Crippen LogP contribution < -0.4 is 10.6 Å². The number of hydrogen-bond acceptors (Lipinski definition) is 6. The Bertz CT molecular complexity index is 1020. The first-order chi connectivity index (χ1) is 16.3. The Morgan fingerprint density at radius 1 is 1.12 bits per heavy atom. The maximum atomic E-state index is 13.1. The Morgan fingerprint density at radius 3 is 2.62 bits per heavy atom. The standard InChI is InChI=1S/C26H31N3O5/c1-17(2)23(29-26(33)34-16-18-7-4-3-5-8-18)22(30)15-20-10-11-21-19(9-6-13-27-21)12-14-28-25(32)24(20)31/h3-9,13,17,20,23H,10-12,14-16H2,1-2H3,(H,28,32)(H,29,33). The average molecular weight is 466 g/mol. The maximum absolute atomic E-state index is 13.1. The Kier molecular flexibility index (Phi) is 8.90. The number of nitrogens with zero attached hydrogens (tertiary/aromatic N) is 1. The van der Waals surface area contributed by atoms with Crippen molar-refractivity contribution in [3.8, 4) is 0 Å². The van der Waals surface area contributed by atoms with E-state index in [4.69, 9.17) is 4.74 Å². The quantitative estimate of drug-likeness (QED) is 0.608. The molecular weight excluding hydrogens is 434 g/mol. The molecule has 2 amide bonds. The third-order valence-electron chi connectivity index (χ3n) is 5.94. The van der Waals surface area contributed by atoms with E-state index < -0.39 is 29.7 Å². The number of nitrogens with one attached hydrogen (secondary N) is 2. The molecule has 2 heterocycles. The molecule has 0 radical (unpaired) electrons. The molecule has 0 spiro atoms. The SMILES string of the molecule is CC(C)C(NC(=O)OCc1ccccc1)C(=O)CC1CCc2ncccc2CCNC(=O)C1=O. The largest absolute Gasteiger partial charge is 0.445 e. The van der Waals surface area contributed by atoms with Crippen LogP contribution in [-0.4, -0.2) is 41.1 Å². The van der Waals surface area contributed by atoms with Gasteiger partial charge in [0.15, 0.2) is 5.78 Å². The smallest absolute Gasteiger partial charge is 0.408 e. The van der Waals surface area contributed by atoms with Crippen LogP contribution in [0, 0.1) is 11.8 Å². The first-order valence-corrected chi connectivity index (χ1v) is 11.6. The van der Waals surface area contributed by atoms with Gasteiger partial charge >= 0.3 is 6.09 Å². The third-order valence-corrected chi connectivity index (χ3v) is 5.94. The number of carbonyl (C=O) groups excluding carboxylic acids is 4. The lowest BCUT2D eigenvalue weighted by Crippen LogP contribution is -2.46. The predicted molar refractivity (Wildman–Crippen MR) is 126 cm³/mol. The van der Waals surface area contributed by atoms with E-state index in [0.29, 0.717) is 25.8 Å². The Hall–Kier alpha value is -3.55. The van der Waals surface area contributed by atoms with Crippen molar-refractivity contribution < 1.29 is 23.9 Å². The van der Waals surface area contributed by atoms with Gasteiger partial charge in [-0.2, -0.15) is 0 Å². The number of ketones is 2. The van der Waals surface area contributed by atoms with Gasteiger partial charge in [-0.1, -0.05) is 50.2 Å². The lowest BCUT2D eigenvalue weighted by molar-refractivity contribution is -0.141. The summed E-state index contributed by atoms with van der Waals surface area (Å²) < 4.78 is 5.25. The topological polar surface area (TPSA) is 114 Å². The fraction of sp³-hybridized carbons (Fsp3) is 0.423. The van der Waals surface area contributed by atoms with E-state index in [1.54, 1.807) is 6.20 Å². The molecule has 0 saturated heterocycles. The molecule has 3 rings (SSSR count). The summed E-state index contributed by atoms with van der Waals surface area (Å²) in [6.07, 6.45) is 2.26. The second-order valence-corrected chi connectivity index (χ2v) is 8.81. The Labute approximate surface area is 199 Å². The first kappa shape index (κ1) is 25.1. The second-order valence-electron chi connectivity index (χ2n) is 8.81. The molecule has 1 aromatic carbocycles. The number of aromatic nitrogens is 1. The van der Waals surface area contributed by atoms with Gasteiger partial charge in [0.2, 0.25) is 5.78 Å². The summed E-state index contributed by atoms with van der Waals surface area (Å²) in [5.74, 6) is -2.61. The average Bonchev–Trinajstić information content (AvgIpc) is 2.83. The van der Waals surface area contributed by atoms with E-state index >= 15 is 0 Å². The van der Waals surface area contributed by atoms with Crippen LogP contribution in [0.3, 0.4) is 0 Å². The summed E-state index contributed by atoms with van der Waals surface area (Å²) in [6, 6.07) is 12.2. The summed E-state index contributed by atoms with van der Waals surface area (Å²) in [6.45, 7) is 4.02. The molecule has 2 aromatic rings. The molecule has 2 atom stereocenters. The van der Waals surface area contributed by atoms with Crippen LogP contribution in [0.2, 0.25) is 0 Å². The highest BCUT2D eigenvalue weighted by molar-refractivity contribution is 6.37. The third kappa shape index (κ3) is 6.97. The van der Waals surface area contributed by atoms with Crippen LogP contribution >= 0.6 is 0 Å². The van der Waals surface area contributed by atoms with E-state index in [2.05, 4.69) is 15.6 Å². The van der Waals surface area contributed by atoms with E-state index in [0.717, 1.165) is 16.8 Å². The molecule has 0 aliphatic carbocycles. The van der Waals surface area contributed by atoms with Crippen molar-refractivity contribution in [3.63, 3.8) is 0 Å². The number of fused-ring (bicyclic) bond motifs is 1. The molecule has 8 heteroatoms. The minimum absolute atomic E-state index is 0.0827. The van der Waals surface area contributed by atoms with Crippen LogP contribution in [-0.2, 0) is 38.6 Å². The molecular formula is C26H31N3O5. The Balaban J connectivity index is 1.66. The lowest BCUT2D eigenvalue weighted by atomic mass is 9.86. The minimum Gasteiger partial charge on any atom is -0.445 e. The van der Waals surface area contributed by atoms with Crippen LogP contribution in [0.1, 0.15) is 43.5 Å². The molecule has 1 aliphatic heterocycles. The van der Waals surface area contributed by atoms with Crippen molar-refractivity contribution in [1.82, 2.24) is 15.6 Å². The normalized spacial score (nSPS) is 17.3. The second kappa shape index (κ2) is 12.1. The number of amides is 2. The van der Waals surface area contributed by atoms with Crippen LogP contribution in [0.15, 0.2) is 48.7 Å². The number of hydrogen-bond donors (Lipinski definition) is 2. The fourth-order valence-electron chi connectivity index (χ4n) is 4.02. The molecule has 2 unspecified atom stereocenters. The zero-order chi connectivity index (χ0) is 24.5. The monoisotopic (exact) mass is 465 g/mol. The summed E-state index contributed by atoms with van der Waals surface area (Å²) >= 11 is 0. The zero-order valence-corrected chi connectivity index (χ0v) is 19.6. The fourth-order valence-corrected chi connectivity index (χ4v) is 4.02. The van der Waals surface area contributed by atoms with Gasteiger partial charge < -0.3 is 15.4 Å². The number of pyridine rings is 1. The molecule has 180 valence electrons. The summed E-state index contributed by atoms with van der Waals surface area (Å²) in [5.41, 5.74) is 2.72. The van der Waals surface area contributed by atoms with Crippen molar-refractivity contribution in [3.05, 3.63) is 65.5 Å². The maximum Gasteiger partial charge on any atom is 0.408 e. The van der Waals surface area contributed by atoms with E-state index in [1.165, 1.54) is 0 Å². The summed E-state index contributed by atoms with van der Waals surface area (Å²) in [7, 11) is 0. The van der Waals surface area contributed by atoms with Gasteiger partial charge in [-0.15, -0.1) is 0 Å². The number of benzene rings is 1. The van der Waals surface area contributed by atoms with E-state index in [9.17, 15) is 19.2 Å². The van der Waals surface area contributed by atoms with Gasteiger partial charge in [-0.05, 0) is 42.4 Å². The molecule has 8 nitrogen and oxygen atoms in total. The van der Waals surface area contributed by atoms with Gasteiger partial charge in [-0.3, -0.25) is 19.4 Å². The van der Waals surface area contributed by atoms with Gasteiger partial charge in [0, 0.05) is 30.8 Å². The molecule has 0 fully saturated rings. The van der Waals surface area contributed by atoms with Crippen LogP contribution in [0.25, 0.3) is 0 Å². The molecule has 0 saturated carbocycles. The number of alkyl carbamates (subject to hydrolysis) is 1. The van der Waals surface area contributed by atoms with Gasteiger partial charge in [-0.25, -0.2) is 4.79 Å². The van der Waals surface area contributed by atoms with Gasteiger partial charge in [0.25, 0.3) is 5.91 Å². The zero-order valence-electron chi connectivity index (χ0n) is 19.6. The number of Topliss-reactive ketones (excluding diaryl/α,β-unsaturated/α-hetero) is 2. The number of aryl methyl sites for hydroxylation is 1. The highest BCUT2D eigenvalue weighted by atomic mass is 16.5. The van der Waals surface area contributed by atoms with Gasteiger partial charge in [0.05, 0.1) is 6.04 Å². The van der Waals surface area contributed by atoms with E-state index in [1.807, 2.05) is 56.3 Å². The minimum atomic E-state index is -0.833. The molecule has 34 heavy (non-hydrogen) atoms. The highest BCUT2D eigenvalue weighted by Gasteiger charge is 2.32. The van der Waals surface area contributed by atoms with Crippen molar-refractivity contribution >= 4 is 23.6 Å². The highest BCUT2D eigenvalue weighted by Crippen LogP contribution is 2.20.